The third-order valence-corrected chi connectivity index (χ3v) is 3.49. The zero-order valence-electron chi connectivity index (χ0n) is 13.7. The van der Waals surface area contributed by atoms with Crippen LogP contribution in [0.5, 0.6) is 5.75 Å². The zero-order chi connectivity index (χ0) is 16.1. The molecule has 1 amide bonds. The van der Waals surface area contributed by atoms with E-state index in [4.69, 9.17) is 9.15 Å². The summed E-state index contributed by atoms with van der Waals surface area (Å²) in [6, 6.07) is 3.92. The Morgan fingerprint density at radius 3 is 2.82 bits per heavy atom. The van der Waals surface area contributed by atoms with Crippen molar-refractivity contribution in [2.45, 2.75) is 34.1 Å². The maximum atomic E-state index is 11.9. The van der Waals surface area contributed by atoms with Gasteiger partial charge < -0.3 is 14.5 Å². The minimum absolute atomic E-state index is 0.0780. The number of carbonyl (C=O) groups excluding carboxylic acids is 1. The van der Waals surface area contributed by atoms with Gasteiger partial charge in [-0.05, 0) is 44.4 Å². The summed E-state index contributed by atoms with van der Waals surface area (Å²) >= 11 is 0. The standard InChI is InChI=1S/C18H23NO3/c1-5-7-19-18(20)8-12(3)14-9-15-13(4)11-22-17(15)10-16(14)21-6-2/h8-11H,5-7H2,1-4H3,(H,19,20)/b12-8+. The van der Waals surface area contributed by atoms with Crippen molar-refractivity contribution in [3.05, 3.63) is 35.6 Å². The lowest BCUT2D eigenvalue weighted by molar-refractivity contribution is -0.116. The molecular weight excluding hydrogens is 278 g/mol. The van der Waals surface area contributed by atoms with Gasteiger partial charge in [-0.1, -0.05) is 6.92 Å². The first-order chi connectivity index (χ1) is 10.6. The van der Waals surface area contributed by atoms with Crippen molar-refractivity contribution in [3.8, 4) is 5.75 Å². The molecule has 2 rings (SSSR count). The monoisotopic (exact) mass is 301 g/mol. The van der Waals surface area contributed by atoms with Gasteiger partial charge in [0.1, 0.15) is 11.3 Å². The summed E-state index contributed by atoms with van der Waals surface area (Å²) in [6.07, 6.45) is 4.27. The number of allylic oxidation sites excluding steroid dienone is 1. The Kier molecular flexibility index (Phi) is 5.26. The highest BCUT2D eigenvalue weighted by Crippen LogP contribution is 2.33. The van der Waals surface area contributed by atoms with Crippen molar-refractivity contribution in [2.75, 3.05) is 13.2 Å². The van der Waals surface area contributed by atoms with Crippen LogP contribution in [0.3, 0.4) is 0 Å². The minimum Gasteiger partial charge on any atom is -0.493 e. The fourth-order valence-corrected chi connectivity index (χ4v) is 2.34. The van der Waals surface area contributed by atoms with Crippen LogP contribution in [0.15, 0.2) is 28.9 Å². The number of carbonyl (C=O) groups is 1. The predicted octanol–water partition coefficient (Wildman–Crippen LogP) is 4.07. The molecule has 0 aliphatic rings. The molecule has 1 aromatic carbocycles. The number of aryl methyl sites for hydroxylation is 1. The van der Waals surface area contributed by atoms with E-state index < -0.39 is 0 Å². The summed E-state index contributed by atoms with van der Waals surface area (Å²) in [6.45, 7) is 9.13. The van der Waals surface area contributed by atoms with Crippen LogP contribution in [0, 0.1) is 6.92 Å². The molecule has 4 heteroatoms. The lowest BCUT2D eigenvalue weighted by Gasteiger charge is -2.11. The van der Waals surface area contributed by atoms with E-state index in [-0.39, 0.29) is 5.91 Å². The van der Waals surface area contributed by atoms with E-state index in [0.29, 0.717) is 13.2 Å². The number of ether oxygens (including phenoxy) is 1. The van der Waals surface area contributed by atoms with Crippen molar-refractivity contribution in [3.63, 3.8) is 0 Å². The third-order valence-electron chi connectivity index (χ3n) is 3.49. The third kappa shape index (κ3) is 3.50. The molecule has 0 bridgehead atoms. The number of benzene rings is 1. The van der Waals surface area contributed by atoms with Crippen molar-refractivity contribution >= 4 is 22.4 Å². The lowest BCUT2D eigenvalue weighted by Crippen LogP contribution is -2.21. The summed E-state index contributed by atoms with van der Waals surface area (Å²) in [4.78, 5) is 11.9. The smallest absolute Gasteiger partial charge is 0.244 e. The fourth-order valence-electron chi connectivity index (χ4n) is 2.34. The molecule has 0 fully saturated rings. The maximum Gasteiger partial charge on any atom is 0.244 e. The van der Waals surface area contributed by atoms with Crippen molar-refractivity contribution in [2.24, 2.45) is 0 Å². The van der Waals surface area contributed by atoms with Gasteiger partial charge in [0, 0.05) is 29.6 Å². The molecule has 0 saturated heterocycles. The average molecular weight is 301 g/mol. The number of fused-ring (bicyclic) bond motifs is 1. The first-order valence-electron chi connectivity index (χ1n) is 7.68. The van der Waals surface area contributed by atoms with Gasteiger partial charge in [0.25, 0.3) is 0 Å². The summed E-state index contributed by atoms with van der Waals surface area (Å²) in [5, 5.41) is 3.90. The highest BCUT2D eigenvalue weighted by molar-refractivity contribution is 5.97. The van der Waals surface area contributed by atoms with E-state index in [9.17, 15) is 4.79 Å². The largest absolute Gasteiger partial charge is 0.493 e. The van der Waals surface area contributed by atoms with Crippen LogP contribution in [0.1, 0.15) is 38.3 Å². The summed E-state index contributed by atoms with van der Waals surface area (Å²) in [5.41, 5.74) is 3.67. The quantitative estimate of drug-likeness (QED) is 0.818. The van der Waals surface area contributed by atoms with Gasteiger partial charge in [-0.3, -0.25) is 4.79 Å². The topological polar surface area (TPSA) is 51.5 Å². The predicted molar refractivity (Wildman–Crippen MR) is 89.1 cm³/mol. The summed E-state index contributed by atoms with van der Waals surface area (Å²) in [5.74, 6) is 0.659. The molecular formula is C18H23NO3. The number of hydrogen-bond donors (Lipinski definition) is 1. The summed E-state index contributed by atoms with van der Waals surface area (Å²) < 4.78 is 11.2. The van der Waals surface area contributed by atoms with Crippen LogP contribution in [-0.2, 0) is 4.79 Å². The zero-order valence-corrected chi connectivity index (χ0v) is 13.7. The van der Waals surface area contributed by atoms with Crippen LogP contribution in [0.2, 0.25) is 0 Å². The van der Waals surface area contributed by atoms with E-state index in [1.807, 2.05) is 39.8 Å². The number of amides is 1. The van der Waals surface area contributed by atoms with Crippen molar-refractivity contribution in [1.82, 2.24) is 5.32 Å². The Balaban J connectivity index is 2.42. The molecule has 2 aromatic rings. The molecule has 1 aromatic heterocycles. The molecule has 22 heavy (non-hydrogen) atoms. The maximum absolute atomic E-state index is 11.9. The average Bonchev–Trinajstić information content (AvgIpc) is 2.85. The van der Waals surface area contributed by atoms with E-state index >= 15 is 0 Å². The Labute approximate surface area is 131 Å². The molecule has 118 valence electrons. The van der Waals surface area contributed by atoms with E-state index in [0.717, 1.165) is 39.8 Å². The minimum atomic E-state index is -0.0780. The van der Waals surface area contributed by atoms with Gasteiger partial charge in [-0.2, -0.15) is 0 Å². The molecule has 0 aliphatic carbocycles. The Morgan fingerprint density at radius 1 is 1.36 bits per heavy atom. The molecule has 4 nitrogen and oxygen atoms in total. The van der Waals surface area contributed by atoms with Crippen molar-refractivity contribution < 1.29 is 13.9 Å². The van der Waals surface area contributed by atoms with E-state index in [2.05, 4.69) is 5.32 Å². The normalized spacial score (nSPS) is 11.7. The molecule has 0 atom stereocenters. The Hall–Kier alpha value is -2.23. The molecule has 0 unspecified atom stereocenters. The van der Waals surface area contributed by atoms with E-state index in [1.54, 1.807) is 12.3 Å². The molecule has 0 radical (unpaired) electrons. The van der Waals surface area contributed by atoms with Crippen LogP contribution < -0.4 is 10.1 Å². The van der Waals surface area contributed by atoms with Crippen molar-refractivity contribution in [1.29, 1.82) is 0 Å². The molecule has 0 spiro atoms. The number of rotatable bonds is 6. The van der Waals surface area contributed by atoms with Crippen LogP contribution >= 0.6 is 0 Å². The highest BCUT2D eigenvalue weighted by atomic mass is 16.5. The van der Waals surface area contributed by atoms with Gasteiger partial charge in [-0.15, -0.1) is 0 Å². The molecule has 0 aliphatic heterocycles. The first-order valence-corrected chi connectivity index (χ1v) is 7.68. The van der Waals surface area contributed by atoms with Gasteiger partial charge >= 0.3 is 0 Å². The second-order valence-electron chi connectivity index (χ2n) is 5.31. The molecule has 1 N–H and O–H groups in total. The second kappa shape index (κ2) is 7.16. The fraction of sp³-hybridized carbons (Fsp3) is 0.389. The van der Waals surface area contributed by atoms with Gasteiger partial charge in [0.15, 0.2) is 0 Å². The SMILES string of the molecule is CCCNC(=O)/C=C(\C)c1cc2c(C)coc2cc1OCC. The van der Waals surface area contributed by atoms with Gasteiger partial charge in [0.05, 0.1) is 12.9 Å². The number of hydrogen-bond acceptors (Lipinski definition) is 3. The molecule has 1 heterocycles. The Morgan fingerprint density at radius 2 is 2.14 bits per heavy atom. The second-order valence-corrected chi connectivity index (χ2v) is 5.31. The molecule has 0 saturated carbocycles. The number of furan rings is 1. The number of nitrogens with one attached hydrogen (secondary N) is 1. The summed E-state index contributed by atoms with van der Waals surface area (Å²) in [7, 11) is 0. The van der Waals surface area contributed by atoms with E-state index in [1.165, 1.54) is 0 Å². The van der Waals surface area contributed by atoms with Crippen LogP contribution in [0.25, 0.3) is 16.5 Å². The first kappa shape index (κ1) is 16.1. The van der Waals surface area contributed by atoms with Crippen LogP contribution in [-0.4, -0.2) is 19.1 Å². The lowest BCUT2D eigenvalue weighted by atomic mass is 10.0. The Bertz CT molecular complexity index is 698. The van der Waals surface area contributed by atoms with Crippen LogP contribution in [0.4, 0.5) is 0 Å². The van der Waals surface area contributed by atoms with Gasteiger partial charge in [-0.25, -0.2) is 0 Å². The highest BCUT2D eigenvalue weighted by Gasteiger charge is 2.12. The van der Waals surface area contributed by atoms with Gasteiger partial charge in [0.2, 0.25) is 5.91 Å².